The predicted octanol–water partition coefficient (Wildman–Crippen LogP) is 4.56. The van der Waals surface area contributed by atoms with Crippen molar-refractivity contribution in [2.45, 2.75) is 77.5 Å². The van der Waals surface area contributed by atoms with Crippen LogP contribution in [0.4, 0.5) is 15.9 Å². The molecule has 2 aromatic heterocycles. The van der Waals surface area contributed by atoms with E-state index in [0.717, 1.165) is 44.5 Å². The minimum atomic E-state index is -0.359. The van der Waals surface area contributed by atoms with Gasteiger partial charge in [0.1, 0.15) is 29.6 Å². The van der Waals surface area contributed by atoms with Gasteiger partial charge in [-0.3, -0.25) is 19.2 Å². The van der Waals surface area contributed by atoms with Gasteiger partial charge in [0, 0.05) is 31.1 Å². The molecule has 4 aliphatic heterocycles. The van der Waals surface area contributed by atoms with Crippen molar-refractivity contribution < 1.29 is 23.8 Å². The number of nitrogens with zero attached hydrogens (tertiary/aromatic N) is 7. The smallest absolute Gasteiger partial charge is 0.318 e. The molecule has 0 bridgehead atoms. The highest BCUT2D eigenvalue weighted by molar-refractivity contribution is 6.16. The highest BCUT2D eigenvalue weighted by Crippen LogP contribution is 2.42. The number of fused-ring (bicyclic) bond motifs is 4. The summed E-state index contributed by atoms with van der Waals surface area (Å²) in [6.45, 7) is 8.55. The first-order valence-corrected chi connectivity index (χ1v) is 17.4. The maximum Gasteiger partial charge on any atom is 0.318 e. The first kappa shape index (κ1) is 31.5. The fourth-order valence-electron chi connectivity index (χ4n) is 8.35. The molecule has 0 aliphatic carbocycles. The van der Waals surface area contributed by atoms with E-state index in [1.165, 1.54) is 12.1 Å². The van der Waals surface area contributed by atoms with Crippen LogP contribution in [0.25, 0.3) is 10.8 Å². The quantitative estimate of drug-likeness (QED) is 0.278. The van der Waals surface area contributed by atoms with Gasteiger partial charge in [-0.15, -0.1) is 0 Å². The maximum absolute atomic E-state index is 15.1. The van der Waals surface area contributed by atoms with E-state index in [0.29, 0.717) is 90.4 Å². The third kappa shape index (κ3) is 5.34. The molecule has 4 aromatic rings. The van der Waals surface area contributed by atoms with E-state index >= 15 is 4.39 Å². The Hall–Kier alpha value is -4.78. The van der Waals surface area contributed by atoms with E-state index in [9.17, 15) is 14.7 Å². The fourth-order valence-corrected chi connectivity index (χ4v) is 8.35. The number of nitrogens with one attached hydrogen (secondary N) is 1. The monoisotopic (exact) mass is 668 g/mol. The average Bonchev–Trinajstić information content (AvgIpc) is 3.83. The number of phenolic OH excluding ortho intramolecular Hbond substituents is 1. The molecule has 0 spiro atoms. The second-order valence-electron chi connectivity index (χ2n) is 13.6. The molecule has 49 heavy (non-hydrogen) atoms. The van der Waals surface area contributed by atoms with Gasteiger partial charge in [0.15, 0.2) is 5.69 Å². The van der Waals surface area contributed by atoms with E-state index < -0.39 is 0 Å². The van der Waals surface area contributed by atoms with E-state index in [4.69, 9.17) is 14.7 Å². The van der Waals surface area contributed by atoms with Crippen LogP contribution in [0.2, 0.25) is 0 Å². The molecular formula is C36H41FN8O4. The number of anilines is 2. The Kier molecular flexibility index (Phi) is 7.89. The maximum atomic E-state index is 15.1. The van der Waals surface area contributed by atoms with Crippen molar-refractivity contribution in [2.75, 3.05) is 42.6 Å². The molecule has 2 fully saturated rings. The van der Waals surface area contributed by atoms with E-state index in [1.54, 1.807) is 23.1 Å². The van der Waals surface area contributed by atoms with Crippen molar-refractivity contribution in [3.8, 4) is 11.8 Å². The fraction of sp³-hybridized carbons (Fsp3) is 0.472. The molecule has 12 nitrogen and oxygen atoms in total. The Morgan fingerprint density at radius 3 is 2.63 bits per heavy atom. The molecule has 6 heterocycles. The number of aromatic hydroxyl groups is 1. The number of carbonyl (C=O) groups is 2. The van der Waals surface area contributed by atoms with Gasteiger partial charge in [-0.1, -0.05) is 13.0 Å². The van der Waals surface area contributed by atoms with Crippen molar-refractivity contribution >= 4 is 34.1 Å². The molecule has 0 unspecified atom stereocenters. The zero-order chi connectivity index (χ0) is 33.9. The Morgan fingerprint density at radius 1 is 1.04 bits per heavy atom. The number of halogens is 1. The van der Waals surface area contributed by atoms with Crippen LogP contribution in [-0.4, -0.2) is 79.9 Å². The zero-order valence-corrected chi connectivity index (χ0v) is 28.0. The third-order valence-electron chi connectivity index (χ3n) is 10.7. The first-order chi connectivity index (χ1) is 23.8. The van der Waals surface area contributed by atoms with E-state index in [-0.39, 0.29) is 41.5 Å². The lowest BCUT2D eigenvalue weighted by Crippen LogP contribution is -2.43. The first-order valence-electron chi connectivity index (χ1n) is 17.4. The molecule has 2 amide bonds. The Balaban J connectivity index is 1.20. The van der Waals surface area contributed by atoms with Crippen LogP contribution < -0.4 is 19.9 Å². The largest absolute Gasteiger partial charge is 0.508 e. The lowest BCUT2D eigenvalue weighted by Gasteiger charge is -2.31. The molecule has 2 aromatic carbocycles. The summed E-state index contributed by atoms with van der Waals surface area (Å²) in [4.78, 5) is 43.1. The van der Waals surface area contributed by atoms with Crippen LogP contribution in [0.15, 0.2) is 30.3 Å². The standard InChI is InChI=1S/C36H41FN8O4/c1-3-25-26(37)9-8-22-16-24(46)18-29(30(22)25)44-20-28-31(34(44)48)32(40-35(39-28)49-21-36-10-5-13-43(36)14-6-11-36)42-12-7-15-45-23(19-42)17-27(41-45)33(47)38-4-2/h8-9,16-18,46H,3-7,10-15,19-21H2,1-2H3,(H,38,47). The number of aryl methyl sites for hydroxylation is 2. The van der Waals surface area contributed by atoms with Crippen molar-refractivity contribution in [3.05, 3.63) is 64.4 Å². The summed E-state index contributed by atoms with van der Waals surface area (Å²) in [5.74, 6) is -0.474. The average molecular weight is 669 g/mol. The Labute approximate surface area is 283 Å². The molecule has 4 aliphatic rings. The molecule has 256 valence electrons. The van der Waals surface area contributed by atoms with Gasteiger partial charge in [0.2, 0.25) is 0 Å². The number of benzene rings is 2. The molecule has 13 heteroatoms. The van der Waals surface area contributed by atoms with Crippen LogP contribution in [0.3, 0.4) is 0 Å². The minimum absolute atomic E-state index is 0.0177. The summed E-state index contributed by atoms with van der Waals surface area (Å²) in [7, 11) is 0. The highest BCUT2D eigenvalue weighted by atomic mass is 19.1. The molecule has 0 radical (unpaired) electrons. The van der Waals surface area contributed by atoms with Crippen LogP contribution in [0.1, 0.15) is 83.7 Å². The van der Waals surface area contributed by atoms with Gasteiger partial charge in [0.25, 0.3) is 11.8 Å². The normalized spacial score (nSPS) is 18.5. The highest BCUT2D eigenvalue weighted by Gasteiger charge is 2.45. The second-order valence-corrected chi connectivity index (χ2v) is 13.6. The summed E-state index contributed by atoms with van der Waals surface area (Å²) < 4.78 is 23.4. The van der Waals surface area contributed by atoms with Gasteiger partial charge >= 0.3 is 6.01 Å². The summed E-state index contributed by atoms with van der Waals surface area (Å²) in [6.07, 6.45) is 5.55. The number of phenols is 1. The van der Waals surface area contributed by atoms with Crippen LogP contribution >= 0.6 is 0 Å². The van der Waals surface area contributed by atoms with E-state index in [2.05, 4.69) is 15.3 Å². The SMILES string of the molecule is CCNC(=O)c1cc2n(n1)CCCN(c1nc(OCC34CCCN3CCC4)nc3c1C(=O)N(c1cc(O)cc4ccc(F)c(CC)c14)C3)C2. The summed E-state index contributed by atoms with van der Waals surface area (Å²) in [5, 5.41) is 19.3. The van der Waals surface area contributed by atoms with Crippen molar-refractivity contribution in [2.24, 2.45) is 0 Å². The molecular weight excluding hydrogens is 627 g/mol. The molecule has 2 N–H and O–H groups in total. The van der Waals surface area contributed by atoms with Gasteiger partial charge < -0.3 is 25.0 Å². The lowest BCUT2D eigenvalue weighted by molar-refractivity contribution is 0.0948. The zero-order valence-electron chi connectivity index (χ0n) is 28.0. The summed E-state index contributed by atoms with van der Waals surface area (Å²) in [5.41, 5.74) is 2.95. The number of hydrogen-bond donors (Lipinski definition) is 2. The molecule has 2 saturated heterocycles. The van der Waals surface area contributed by atoms with Crippen molar-refractivity contribution in [1.29, 1.82) is 0 Å². The van der Waals surface area contributed by atoms with E-state index in [1.807, 2.05) is 23.4 Å². The predicted molar refractivity (Wildman–Crippen MR) is 182 cm³/mol. The third-order valence-corrected chi connectivity index (χ3v) is 10.7. The van der Waals surface area contributed by atoms with Crippen LogP contribution in [0, 0.1) is 5.82 Å². The van der Waals surface area contributed by atoms with Gasteiger partial charge in [-0.2, -0.15) is 15.1 Å². The second kappa shape index (κ2) is 12.3. The number of amides is 2. The lowest BCUT2D eigenvalue weighted by atomic mass is 9.95. The van der Waals surface area contributed by atoms with Gasteiger partial charge in [-0.05, 0) is 87.7 Å². The molecule has 0 saturated carbocycles. The Bertz CT molecular complexity index is 1970. The van der Waals surface area contributed by atoms with Crippen molar-refractivity contribution in [1.82, 2.24) is 30.0 Å². The summed E-state index contributed by atoms with van der Waals surface area (Å²) >= 11 is 0. The number of carbonyl (C=O) groups excluding carboxylic acids is 2. The topological polar surface area (TPSA) is 129 Å². The number of rotatable bonds is 8. The summed E-state index contributed by atoms with van der Waals surface area (Å²) in [6, 6.07) is 8.15. The Morgan fingerprint density at radius 2 is 1.86 bits per heavy atom. The number of aromatic nitrogens is 4. The van der Waals surface area contributed by atoms with Crippen LogP contribution in [0.5, 0.6) is 11.8 Å². The minimum Gasteiger partial charge on any atom is -0.508 e. The van der Waals surface area contributed by atoms with Gasteiger partial charge in [-0.25, -0.2) is 4.39 Å². The molecule has 8 rings (SSSR count). The number of ether oxygens (including phenoxy) is 1. The van der Waals surface area contributed by atoms with Crippen molar-refractivity contribution in [3.63, 3.8) is 0 Å². The van der Waals surface area contributed by atoms with Gasteiger partial charge in [0.05, 0.1) is 35.7 Å². The van der Waals surface area contributed by atoms with Crippen LogP contribution in [-0.2, 0) is 26.1 Å². The number of hydrogen-bond acceptors (Lipinski definition) is 9. The molecule has 0 atom stereocenters.